The lowest BCUT2D eigenvalue weighted by Crippen LogP contribution is -2.29. The molecule has 4 rings (SSSR count). The Kier molecular flexibility index (Phi) is 5.83. The average molecular weight is 451 g/mol. The second-order valence-electron chi connectivity index (χ2n) is 7.06. The van der Waals surface area contributed by atoms with Gasteiger partial charge in [0.2, 0.25) is 5.91 Å². The number of hydrogen-bond acceptors (Lipinski definition) is 5. The van der Waals surface area contributed by atoms with Crippen LogP contribution in [-0.4, -0.2) is 31.9 Å². The molecule has 0 atom stereocenters. The molecule has 0 bridgehead atoms. The monoisotopic (exact) mass is 450 g/mol. The maximum Gasteiger partial charge on any atom is 0.266 e. The molecule has 1 heterocycles. The molecule has 1 N–H and O–H groups in total. The van der Waals surface area contributed by atoms with Gasteiger partial charge in [-0.3, -0.25) is 14.4 Å². The van der Waals surface area contributed by atoms with Crippen molar-refractivity contribution in [3.05, 3.63) is 82.4 Å². The van der Waals surface area contributed by atoms with Crippen LogP contribution < -0.4 is 19.7 Å². The number of halogens is 1. The molecule has 32 heavy (non-hydrogen) atoms. The summed E-state index contributed by atoms with van der Waals surface area (Å²) < 4.78 is 10.5. The molecule has 3 amide bonds. The fourth-order valence-electron chi connectivity index (χ4n) is 3.55. The smallest absolute Gasteiger partial charge is 0.266 e. The molecule has 1 aliphatic heterocycles. The zero-order valence-corrected chi connectivity index (χ0v) is 18.1. The highest BCUT2D eigenvalue weighted by atomic mass is 35.5. The van der Waals surface area contributed by atoms with Crippen LogP contribution in [-0.2, 0) is 11.2 Å². The van der Waals surface area contributed by atoms with Gasteiger partial charge in [0.25, 0.3) is 11.8 Å². The molecule has 0 saturated carbocycles. The Balaban J connectivity index is 1.51. The van der Waals surface area contributed by atoms with E-state index < -0.39 is 11.8 Å². The number of nitrogens with zero attached hydrogens (tertiary/aromatic N) is 1. The summed E-state index contributed by atoms with van der Waals surface area (Å²) in [6.07, 6.45) is 0.0743. The van der Waals surface area contributed by atoms with E-state index in [1.54, 1.807) is 55.6 Å². The van der Waals surface area contributed by atoms with E-state index in [9.17, 15) is 14.4 Å². The minimum atomic E-state index is -0.434. The number of hydrogen-bond donors (Lipinski definition) is 1. The summed E-state index contributed by atoms with van der Waals surface area (Å²) in [5.41, 5.74) is 2.05. The van der Waals surface area contributed by atoms with E-state index in [4.69, 9.17) is 21.1 Å². The molecule has 0 saturated heterocycles. The van der Waals surface area contributed by atoms with Crippen molar-refractivity contribution < 1.29 is 23.9 Å². The zero-order valence-electron chi connectivity index (χ0n) is 17.3. The summed E-state index contributed by atoms with van der Waals surface area (Å²) >= 11 is 6.38. The van der Waals surface area contributed by atoms with Crippen molar-refractivity contribution in [3.63, 3.8) is 0 Å². The van der Waals surface area contributed by atoms with E-state index in [-0.39, 0.29) is 23.0 Å². The normalized spacial score (nSPS) is 12.5. The molecule has 1 aliphatic rings. The number of fused-ring (bicyclic) bond motifs is 1. The quantitative estimate of drug-likeness (QED) is 0.565. The highest BCUT2D eigenvalue weighted by molar-refractivity contribution is 6.40. The Labute approximate surface area is 189 Å². The third-order valence-corrected chi connectivity index (χ3v) is 5.41. The minimum Gasteiger partial charge on any atom is -0.497 e. The minimum absolute atomic E-state index is 0.0743. The average Bonchev–Trinajstić information content (AvgIpc) is 3.04. The van der Waals surface area contributed by atoms with E-state index in [2.05, 4.69) is 5.32 Å². The van der Waals surface area contributed by atoms with Crippen LogP contribution in [0.2, 0.25) is 5.02 Å². The number of carbonyl (C=O) groups excluding carboxylic acids is 3. The molecule has 3 aromatic carbocycles. The number of benzene rings is 3. The Bertz CT molecular complexity index is 1210. The third kappa shape index (κ3) is 3.90. The molecule has 3 aromatic rings. The largest absolute Gasteiger partial charge is 0.497 e. The van der Waals surface area contributed by atoms with E-state index >= 15 is 0 Å². The molecular formula is C24H19ClN2O5. The Morgan fingerprint density at radius 2 is 1.62 bits per heavy atom. The van der Waals surface area contributed by atoms with Crippen molar-refractivity contribution in [3.8, 4) is 11.5 Å². The summed E-state index contributed by atoms with van der Waals surface area (Å²) in [6.45, 7) is 0. The van der Waals surface area contributed by atoms with Gasteiger partial charge in [-0.2, -0.15) is 0 Å². The second-order valence-corrected chi connectivity index (χ2v) is 7.47. The van der Waals surface area contributed by atoms with E-state index in [1.807, 2.05) is 0 Å². The van der Waals surface area contributed by atoms with Crippen molar-refractivity contribution in [2.24, 2.45) is 0 Å². The van der Waals surface area contributed by atoms with Crippen LogP contribution in [0.5, 0.6) is 11.5 Å². The van der Waals surface area contributed by atoms with Gasteiger partial charge < -0.3 is 14.8 Å². The second kappa shape index (κ2) is 8.72. The first kappa shape index (κ1) is 21.4. The number of anilines is 2. The Morgan fingerprint density at radius 1 is 0.938 bits per heavy atom. The molecular weight excluding hydrogens is 432 g/mol. The van der Waals surface area contributed by atoms with Crippen molar-refractivity contribution in [2.45, 2.75) is 6.42 Å². The van der Waals surface area contributed by atoms with Crippen molar-refractivity contribution in [1.82, 2.24) is 0 Å². The molecule has 8 heteroatoms. The van der Waals surface area contributed by atoms with Gasteiger partial charge in [-0.15, -0.1) is 0 Å². The fraction of sp³-hybridized carbons (Fsp3) is 0.125. The van der Waals surface area contributed by atoms with Gasteiger partial charge in [0.1, 0.15) is 11.5 Å². The first-order chi connectivity index (χ1) is 15.4. The predicted octanol–water partition coefficient (Wildman–Crippen LogP) is 4.34. The number of ether oxygens (including phenoxy) is 2. The number of imide groups is 1. The predicted molar refractivity (Wildman–Crippen MR) is 121 cm³/mol. The molecule has 0 aliphatic carbocycles. The molecule has 0 spiro atoms. The van der Waals surface area contributed by atoms with Crippen LogP contribution >= 0.6 is 11.6 Å². The van der Waals surface area contributed by atoms with Crippen LogP contribution in [0, 0.1) is 0 Å². The van der Waals surface area contributed by atoms with E-state index in [0.717, 1.165) is 4.90 Å². The lowest BCUT2D eigenvalue weighted by molar-refractivity contribution is -0.115. The zero-order chi connectivity index (χ0) is 22.8. The highest BCUT2D eigenvalue weighted by Gasteiger charge is 2.37. The van der Waals surface area contributed by atoms with Crippen LogP contribution in [0.25, 0.3) is 0 Å². The summed E-state index contributed by atoms with van der Waals surface area (Å²) in [5, 5.41) is 2.94. The van der Waals surface area contributed by atoms with Crippen molar-refractivity contribution >= 4 is 40.7 Å². The van der Waals surface area contributed by atoms with Crippen LogP contribution in [0.3, 0.4) is 0 Å². The molecule has 0 aromatic heterocycles. The molecule has 162 valence electrons. The SMILES string of the molecule is COc1ccc(CC(=O)Nc2ccc(N3C(=O)c4ccccc4C3=O)c(Cl)c2)c(OC)c1. The van der Waals surface area contributed by atoms with E-state index in [1.165, 1.54) is 19.2 Å². The van der Waals surface area contributed by atoms with Crippen LogP contribution in [0.4, 0.5) is 11.4 Å². The lowest BCUT2D eigenvalue weighted by Gasteiger charge is -2.17. The summed E-state index contributed by atoms with van der Waals surface area (Å²) in [7, 11) is 3.07. The number of rotatable bonds is 6. The number of nitrogens with one attached hydrogen (secondary N) is 1. The van der Waals surface area contributed by atoms with Crippen molar-refractivity contribution in [2.75, 3.05) is 24.4 Å². The van der Waals surface area contributed by atoms with Gasteiger partial charge in [-0.25, -0.2) is 4.90 Å². The maximum atomic E-state index is 12.7. The lowest BCUT2D eigenvalue weighted by atomic mass is 10.1. The van der Waals surface area contributed by atoms with Gasteiger partial charge >= 0.3 is 0 Å². The summed E-state index contributed by atoms with van der Waals surface area (Å²) in [5.74, 6) is 0.0184. The van der Waals surface area contributed by atoms with Crippen LogP contribution in [0.15, 0.2) is 60.7 Å². The standard InChI is InChI=1S/C24H19ClN2O5/c1-31-16-9-7-14(21(13-16)32-2)11-22(28)26-15-8-10-20(19(25)12-15)27-23(29)17-5-3-4-6-18(17)24(27)30/h3-10,12-13H,11H2,1-2H3,(H,26,28). The summed E-state index contributed by atoms with van der Waals surface area (Å²) in [6, 6.07) is 16.4. The Morgan fingerprint density at radius 3 is 2.22 bits per heavy atom. The maximum absolute atomic E-state index is 12.7. The van der Waals surface area contributed by atoms with Crippen molar-refractivity contribution in [1.29, 1.82) is 0 Å². The van der Waals surface area contributed by atoms with E-state index in [0.29, 0.717) is 33.9 Å². The highest BCUT2D eigenvalue weighted by Crippen LogP contribution is 2.35. The topological polar surface area (TPSA) is 84.9 Å². The fourth-order valence-corrected chi connectivity index (χ4v) is 3.82. The first-order valence-electron chi connectivity index (χ1n) is 9.71. The summed E-state index contributed by atoms with van der Waals surface area (Å²) in [4.78, 5) is 39.0. The van der Waals surface area contributed by atoms with Gasteiger partial charge in [0, 0.05) is 17.3 Å². The number of amides is 3. The first-order valence-corrected chi connectivity index (χ1v) is 10.1. The Hall–Kier alpha value is -3.84. The molecule has 0 radical (unpaired) electrons. The van der Waals surface area contributed by atoms with Gasteiger partial charge in [0.05, 0.1) is 42.5 Å². The number of carbonyl (C=O) groups is 3. The third-order valence-electron chi connectivity index (χ3n) is 5.11. The van der Waals surface area contributed by atoms with Gasteiger partial charge in [-0.1, -0.05) is 29.8 Å². The molecule has 7 nitrogen and oxygen atoms in total. The molecule has 0 fully saturated rings. The van der Waals surface area contributed by atoms with Gasteiger partial charge in [0.15, 0.2) is 0 Å². The molecule has 0 unspecified atom stereocenters. The van der Waals surface area contributed by atoms with Gasteiger partial charge in [-0.05, 0) is 36.4 Å². The van der Waals surface area contributed by atoms with Crippen LogP contribution in [0.1, 0.15) is 26.3 Å². The number of methoxy groups -OCH3 is 2.